The van der Waals surface area contributed by atoms with Crippen molar-refractivity contribution in [2.75, 3.05) is 20.2 Å². The van der Waals surface area contributed by atoms with Crippen LogP contribution in [0.1, 0.15) is 30.0 Å². The molecule has 1 N–H and O–H groups in total. The molecule has 2 aliphatic heterocycles. The Balaban J connectivity index is 2.07. The van der Waals surface area contributed by atoms with Crippen molar-refractivity contribution in [2.45, 2.75) is 25.3 Å². The van der Waals surface area contributed by atoms with Gasteiger partial charge in [0, 0.05) is 12.6 Å². The first-order valence-corrected chi connectivity index (χ1v) is 5.93. The molecule has 0 aromatic heterocycles. The number of fused-ring (bicyclic) bond motifs is 3. The molecule has 1 aromatic rings. The van der Waals surface area contributed by atoms with Gasteiger partial charge < -0.3 is 9.84 Å². The van der Waals surface area contributed by atoms with Crippen LogP contribution in [0, 0.1) is 0 Å². The van der Waals surface area contributed by atoms with Crippen molar-refractivity contribution in [3.63, 3.8) is 0 Å². The zero-order chi connectivity index (χ0) is 11.1. The molecule has 3 rings (SSSR count). The van der Waals surface area contributed by atoms with Gasteiger partial charge in [-0.1, -0.05) is 0 Å². The molecule has 2 aliphatic rings. The molecule has 1 atom stereocenters. The van der Waals surface area contributed by atoms with E-state index in [9.17, 15) is 5.11 Å². The van der Waals surface area contributed by atoms with Gasteiger partial charge in [-0.15, -0.1) is 0 Å². The van der Waals surface area contributed by atoms with E-state index < -0.39 is 0 Å². The third-order valence-electron chi connectivity index (χ3n) is 3.83. The minimum absolute atomic E-state index is 0.271. The summed E-state index contributed by atoms with van der Waals surface area (Å²) >= 11 is 0. The van der Waals surface area contributed by atoms with E-state index in [1.165, 1.54) is 30.5 Å². The number of aromatic hydroxyl groups is 1. The minimum Gasteiger partial charge on any atom is -0.504 e. The molecule has 0 bridgehead atoms. The zero-order valence-electron chi connectivity index (χ0n) is 9.57. The topological polar surface area (TPSA) is 32.7 Å². The van der Waals surface area contributed by atoms with Gasteiger partial charge in [-0.3, -0.25) is 4.90 Å². The van der Waals surface area contributed by atoms with E-state index in [4.69, 9.17) is 4.74 Å². The lowest BCUT2D eigenvalue weighted by atomic mass is 9.92. The van der Waals surface area contributed by atoms with Crippen molar-refractivity contribution in [1.82, 2.24) is 4.90 Å². The molecule has 0 radical (unpaired) electrons. The SMILES string of the molecule is COc1cc2c(cc1O)CCN1CCCC21. The van der Waals surface area contributed by atoms with Crippen molar-refractivity contribution >= 4 is 0 Å². The molecule has 1 saturated heterocycles. The van der Waals surface area contributed by atoms with E-state index in [0.717, 1.165) is 13.0 Å². The predicted molar refractivity (Wildman–Crippen MR) is 61.9 cm³/mol. The average Bonchev–Trinajstić information content (AvgIpc) is 2.76. The van der Waals surface area contributed by atoms with E-state index in [1.807, 2.05) is 12.1 Å². The second-order valence-electron chi connectivity index (χ2n) is 4.67. The van der Waals surface area contributed by atoms with E-state index in [-0.39, 0.29) is 5.75 Å². The van der Waals surface area contributed by atoms with E-state index in [1.54, 1.807) is 7.11 Å². The van der Waals surface area contributed by atoms with Gasteiger partial charge in [0.2, 0.25) is 0 Å². The molecule has 16 heavy (non-hydrogen) atoms. The number of ether oxygens (including phenoxy) is 1. The third-order valence-corrected chi connectivity index (χ3v) is 3.83. The van der Waals surface area contributed by atoms with E-state index >= 15 is 0 Å². The number of phenolic OH excluding ortho intramolecular Hbond substituents is 1. The largest absolute Gasteiger partial charge is 0.504 e. The standard InChI is InChI=1S/C13H17NO2/c1-16-13-8-10-9(7-12(13)15)4-6-14-5-2-3-11(10)14/h7-8,11,15H,2-6H2,1H3. The minimum atomic E-state index is 0.271. The molecule has 1 fully saturated rings. The van der Waals surface area contributed by atoms with Crippen molar-refractivity contribution in [3.8, 4) is 11.5 Å². The predicted octanol–water partition coefficient (Wildman–Crippen LogP) is 2.09. The molecule has 1 aromatic carbocycles. The first-order valence-electron chi connectivity index (χ1n) is 5.93. The summed E-state index contributed by atoms with van der Waals surface area (Å²) in [5.74, 6) is 0.875. The second-order valence-corrected chi connectivity index (χ2v) is 4.67. The van der Waals surface area contributed by atoms with Gasteiger partial charge in [0.05, 0.1) is 7.11 Å². The van der Waals surface area contributed by atoms with E-state index in [2.05, 4.69) is 4.90 Å². The van der Waals surface area contributed by atoms with Gasteiger partial charge in [0.25, 0.3) is 0 Å². The summed E-state index contributed by atoms with van der Waals surface area (Å²) in [4.78, 5) is 2.54. The summed E-state index contributed by atoms with van der Waals surface area (Å²) in [6.07, 6.45) is 3.57. The van der Waals surface area contributed by atoms with Crippen LogP contribution in [0.15, 0.2) is 12.1 Å². The summed E-state index contributed by atoms with van der Waals surface area (Å²) in [6, 6.07) is 4.45. The Morgan fingerprint density at radius 1 is 1.38 bits per heavy atom. The summed E-state index contributed by atoms with van der Waals surface area (Å²) in [5.41, 5.74) is 2.65. The van der Waals surface area contributed by atoms with Crippen LogP contribution < -0.4 is 4.74 Å². The second kappa shape index (κ2) is 3.67. The zero-order valence-corrected chi connectivity index (χ0v) is 9.57. The maximum atomic E-state index is 9.77. The number of methoxy groups -OCH3 is 1. The fourth-order valence-corrected chi connectivity index (χ4v) is 3.03. The first kappa shape index (κ1) is 9.97. The number of hydrogen-bond donors (Lipinski definition) is 1. The average molecular weight is 219 g/mol. The highest BCUT2D eigenvalue weighted by Gasteiger charge is 2.31. The van der Waals surface area contributed by atoms with Crippen LogP contribution in [0.5, 0.6) is 11.5 Å². The summed E-state index contributed by atoms with van der Waals surface area (Å²) in [7, 11) is 1.61. The molecule has 86 valence electrons. The molecular weight excluding hydrogens is 202 g/mol. The summed E-state index contributed by atoms with van der Waals surface area (Å²) < 4.78 is 5.19. The highest BCUT2D eigenvalue weighted by molar-refractivity contribution is 5.48. The van der Waals surface area contributed by atoms with Crippen molar-refractivity contribution in [2.24, 2.45) is 0 Å². The number of phenols is 1. The van der Waals surface area contributed by atoms with Crippen LogP contribution in [-0.2, 0) is 6.42 Å². The van der Waals surface area contributed by atoms with Gasteiger partial charge in [-0.05, 0) is 49.1 Å². The van der Waals surface area contributed by atoms with Crippen molar-refractivity contribution in [3.05, 3.63) is 23.3 Å². The monoisotopic (exact) mass is 219 g/mol. The van der Waals surface area contributed by atoms with Gasteiger partial charge in [0.15, 0.2) is 11.5 Å². The Bertz CT molecular complexity index is 417. The lowest BCUT2D eigenvalue weighted by molar-refractivity contribution is 0.242. The smallest absolute Gasteiger partial charge is 0.160 e. The summed E-state index contributed by atoms with van der Waals surface area (Å²) in [5, 5.41) is 9.77. The fraction of sp³-hybridized carbons (Fsp3) is 0.538. The molecule has 3 heteroatoms. The van der Waals surface area contributed by atoms with Gasteiger partial charge in [0.1, 0.15) is 0 Å². The fourth-order valence-electron chi connectivity index (χ4n) is 3.03. The van der Waals surface area contributed by atoms with Gasteiger partial charge in [-0.2, -0.15) is 0 Å². The molecular formula is C13H17NO2. The molecule has 0 aliphatic carbocycles. The van der Waals surface area contributed by atoms with Crippen LogP contribution in [0.25, 0.3) is 0 Å². The van der Waals surface area contributed by atoms with Crippen LogP contribution in [0.3, 0.4) is 0 Å². The van der Waals surface area contributed by atoms with Crippen molar-refractivity contribution < 1.29 is 9.84 Å². The Morgan fingerprint density at radius 3 is 3.06 bits per heavy atom. The Morgan fingerprint density at radius 2 is 2.25 bits per heavy atom. The number of hydrogen-bond acceptors (Lipinski definition) is 3. The van der Waals surface area contributed by atoms with Crippen LogP contribution in [-0.4, -0.2) is 30.2 Å². The maximum Gasteiger partial charge on any atom is 0.160 e. The quantitative estimate of drug-likeness (QED) is 0.785. The van der Waals surface area contributed by atoms with Crippen molar-refractivity contribution in [1.29, 1.82) is 0 Å². The maximum absolute atomic E-state index is 9.77. The Kier molecular flexibility index (Phi) is 2.28. The molecule has 3 nitrogen and oxygen atoms in total. The normalized spacial score (nSPS) is 23.9. The van der Waals surface area contributed by atoms with E-state index in [0.29, 0.717) is 11.8 Å². The van der Waals surface area contributed by atoms with Crippen LogP contribution in [0.4, 0.5) is 0 Å². The molecule has 1 unspecified atom stereocenters. The lowest BCUT2D eigenvalue weighted by Crippen LogP contribution is -2.30. The van der Waals surface area contributed by atoms with Gasteiger partial charge in [-0.25, -0.2) is 0 Å². The molecule has 2 heterocycles. The molecule has 0 amide bonds. The summed E-state index contributed by atoms with van der Waals surface area (Å²) in [6.45, 7) is 2.34. The lowest BCUT2D eigenvalue weighted by Gasteiger charge is -2.32. The third kappa shape index (κ3) is 1.39. The molecule has 0 saturated carbocycles. The van der Waals surface area contributed by atoms with Crippen LogP contribution in [0.2, 0.25) is 0 Å². The Hall–Kier alpha value is -1.22. The number of rotatable bonds is 1. The Labute approximate surface area is 95.6 Å². The molecule has 0 spiro atoms. The van der Waals surface area contributed by atoms with Gasteiger partial charge >= 0.3 is 0 Å². The van der Waals surface area contributed by atoms with Crippen LogP contribution >= 0.6 is 0 Å². The highest BCUT2D eigenvalue weighted by Crippen LogP contribution is 2.41. The first-order chi connectivity index (χ1) is 7.79. The highest BCUT2D eigenvalue weighted by atomic mass is 16.5. The number of nitrogens with zero attached hydrogens (tertiary/aromatic N) is 1. The number of benzene rings is 1.